The zero-order chi connectivity index (χ0) is 14.1. The average molecular weight is 286 g/mol. The van der Waals surface area contributed by atoms with Crippen LogP contribution in [0.4, 0.5) is 0 Å². The molecule has 2 aromatic carbocycles. The summed E-state index contributed by atoms with van der Waals surface area (Å²) >= 11 is 5.91. The highest BCUT2D eigenvalue weighted by Gasteiger charge is 2.09. The molecule has 0 aliphatic rings. The van der Waals surface area contributed by atoms with E-state index < -0.39 is 0 Å². The largest absolute Gasteiger partial charge is 0.465 e. The molecule has 3 rings (SSSR count). The van der Waals surface area contributed by atoms with Crippen molar-refractivity contribution in [2.24, 2.45) is 0 Å². The van der Waals surface area contributed by atoms with Gasteiger partial charge in [-0.2, -0.15) is 0 Å². The summed E-state index contributed by atoms with van der Waals surface area (Å²) in [5.74, 6) is -0.337. The monoisotopic (exact) mass is 285 g/mol. The highest BCUT2D eigenvalue weighted by atomic mass is 35.5. The Morgan fingerprint density at radius 3 is 2.55 bits per heavy atom. The van der Waals surface area contributed by atoms with Crippen LogP contribution in [0, 0.1) is 0 Å². The number of rotatable bonds is 2. The van der Waals surface area contributed by atoms with Crippen LogP contribution in [0.25, 0.3) is 16.6 Å². The van der Waals surface area contributed by atoms with Crippen molar-refractivity contribution in [3.05, 3.63) is 65.3 Å². The number of carbonyl (C=O) groups is 1. The van der Waals surface area contributed by atoms with E-state index in [4.69, 9.17) is 16.3 Å². The molecule has 0 atom stereocenters. The van der Waals surface area contributed by atoms with Crippen LogP contribution in [0.5, 0.6) is 0 Å². The summed E-state index contributed by atoms with van der Waals surface area (Å²) in [5, 5.41) is 1.76. The maximum Gasteiger partial charge on any atom is 0.337 e. The highest BCUT2D eigenvalue weighted by molar-refractivity contribution is 6.30. The van der Waals surface area contributed by atoms with Crippen molar-refractivity contribution < 1.29 is 9.53 Å². The summed E-state index contributed by atoms with van der Waals surface area (Å²) in [6.07, 6.45) is 1.97. The smallest absolute Gasteiger partial charge is 0.337 e. The van der Waals surface area contributed by atoms with Gasteiger partial charge in [0.05, 0.1) is 18.2 Å². The minimum Gasteiger partial charge on any atom is -0.465 e. The van der Waals surface area contributed by atoms with E-state index in [1.54, 1.807) is 6.07 Å². The van der Waals surface area contributed by atoms with Gasteiger partial charge < -0.3 is 9.30 Å². The van der Waals surface area contributed by atoms with Crippen molar-refractivity contribution in [2.75, 3.05) is 7.11 Å². The quantitative estimate of drug-likeness (QED) is 0.665. The number of methoxy groups -OCH3 is 1. The first kappa shape index (κ1) is 12.8. The van der Waals surface area contributed by atoms with E-state index in [0.717, 1.165) is 16.6 Å². The van der Waals surface area contributed by atoms with Gasteiger partial charge in [0, 0.05) is 16.9 Å². The first-order valence-corrected chi connectivity index (χ1v) is 6.52. The number of nitrogens with zero attached hydrogens (tertiary/aromatic N) is 1. The van der Waals surface area contributed by atoms with Gasteiger partial charge in [-0.3, -0.25) is 0 Å². The number of hydrogen-bond donors (Lipinski definition) is 0. The average Bonchev–Trinajstić information content (AvgIpc) is 2.90. The third kappa shape index (κ3) is 2.17. The maximum absolute atomic E-state index is 11.6. The number of halogens is 1. The van der Waals surface area contributed by atoms with Gasteiger partial charge >= 0.3 is 5.97 Å². The molecule has 0 aliphatic carbocycles. The van der Waals surface area contributed by atoms with Crippen LogP contribution >= 0.6 is 11.6 Å². The molecule has 0 aliphatic heterocycles. The van der Waals surface area contributed by atoms with Gasteiger partial charge in [0.1, 0.15) is 0 Å². The molecule has 0 saturated carbocycles. The number of fused-ring (bicyclic) bond motifs is 1. The molecule has 100 valence electrons. The van der Waals surface area contributed by atoms with E-state index in [0.29, 0.717) is 10.6 Å². The molecule has 0 unspecified atom stereocenters. The van der Waals surface area contributed by atoms with Crippen molar-refractivity contribution in [2.45, 2.75) is 0 Å². The lowest BCUT2D eigenvalue weighted by Gasteiger charge is -2.06. The van der Waals surface area contributed by atoms with Gasteiger partial charge in [0.2, 0.25) is 0 Å². The summed E-state index contributed by atoms with van der Waals surface area (Å²) < 4.78 is 6.77. The van der Waals surface area contributed by atoms with Crippen LogP contribution in [-0.2, 0) is 4.74 Å². The van der Waals surface area contributed by atoms with Crippen molar-refractivity contribution in [1.29, 1.82) is 0 Å². The molecule has 0 spiro atoms. The van der Waals surface area contributed by atoms with Gasteiger partial charge in [0.15, 0.2) is 0 Å². The van der Waals surface area contributed by atoms with Gasteiger partial charge in [0.25, 0.3) is 0 Å². The van der Waals surface area contributed by atoms with Crippen LogP contribution < -0.4 is 0 Å². The highest BCUT2D eigenvalue weighted by Crippen LogP contribution is 2.23. The van der Waals surface area contributed by atoms with Crippen molar-refractivity contribution in [3.63, 3.8) is 0 Å². The van der Waals surface area contributed by atoms with Gasteiger partial charge in [-0.15, -0.1) is 0 Å². The topological polar surface area (TPSA) is 31.2 Å². The van der Waals surface area contributed by atoms with Crippen LogP contribution in [0.3, 0.4) is 0 Å². The predicted molar refractivity (Wildman–Crippen MR) is 79.6 cm³/mol. The molecular weight excluding hydrogens is 274 g/mol. The van der Waals surface area contributed by atoms with Crippen LogP contribution in [0.2, 0.25) is 5.02 Å². The standard InChI is InChI=1S/C16H12ClNO2/c1-20-16(19)12-3-2-11-8-9-18(15(11)10-12)14-6-4-13(17)5-7-14/h2-10H,1H3. The molecule has 4 heteroatoms. The Hall–Kier alpha value is -2.26. The Morgan fingerprint density at radius 2 is 1.85 bits per heavy atom. The first-order chi connectivity index (χ1) is 9.69. The molecule has 20 heavy (non-hydrogen) atoms. The molecule has 0 N–H and O–H groups in total. The van der Waals surface area contributed by atoms with Gasteiger partial charge in [-0.1, -0.05) is 17.7 Å². The summed E-state index contributed by atoms with van der Waals surface area (Å²) in [5.41, 5.74) is 2.48. The van der Waals surface area contributed by atoms with E-state index in [1.807, 2.05) is 53.2 Å². The van der Waals surface area contributed by atoms with Crippen molar-refractivity contribution in [1.82, 2.24) is 4.57 Å². The zero-order valence-electron chi connectivity index (χ0n) is 10.8. The minimum atomic E-state index is -0.337. The normalized spacial score (nSPS) is 10.7. The molecule has 0 radical (unpaired) electrons. The Balaban J connectivity index is 2.16. The van der Waals surface area contributed by atoms with Crippen LogP contribution in [0.1, 0.15) is 10.4 Å². The lowest BCUT2D eigenvalue weighted by atomic mass is 10.1. The molecule has 3 aromatic rings. The zero-order valence-corrected chi connectivity index (χ0v) is 11.6. The molecule has 0 saturated heterocycles. The summed E-state index contributed by atoms with van der Waals surface area (Å²) in [7, 11) is 1.38. The van der Waals surface area contributed by atoms with E-state index in [2.05, 4.69) is 0 Å². The van der Waals surface area contributed by atoms with Gasteiger partial charge in [-0.25, -0.2) is 4.79 Å². The molecule has 1 aromatic heterocycles. The number of ether oxygens (including phenoxy) is 1. The number of hydrogen-bond acceptors (Lipinski definition) is 2. The summed E-state index contributed by atoms with van der Waals surface area (Å²) in [6, 6.07) is 15.1. The minimum absolute atomic E-state index is 0.337. The number of carbonyl (C=O) groups excluding carboxylic acids is 1. The first-order valence-electron chi connectivity index (χ1n) is 6.14. The molecular formula is C16H12ClNO2. The van der Waals surface area contributed by atoms with E-state index in [-0.39, 0.29) is 5.97 Å². The Kier molecular flexibility index (Phi) is 3.20. The second-order valence-corrected chi connectivity index (χ2v) is 4.86. The lowest BCUT2D eigenvalue weighted by molar-refractivity contribution is 0.0601. The van der Waals surface area contributed by atoms with Crippen molar-refractivity contribution in [3.8, 4) is 5.69 Å². The van der Waals surface area contributed by atoms with Crippen LogP contribution in [0.15, 0.2) is 54.7 Å². The Bertz CT molecular complexity index is 775. The summed E-state index contributed by atoms with van der Waals surface area (Å²) in [4.78, 5) is 11.6. The van der Waals surface area contributed by atoms with Crippen molar-refractivity contribution >= 4 is 28.5 Å². The lowest BCUT2D eigenvalue weighted by Crippen LogP contribution is -2.01. The Labute approximate surface area is 121 Å². The second-order valence-electron chi connectivity index (χ2n) is 4.43. The second kappa shape index (κ2) is 5.02. The Morgan fingerprint density at radius 1 is 1.10 bits per heavy atom. The van der Waals surface area contributed by atoms with E-state index in [9.17, 15) is 4.79 Å². The fourth-order valence-electron chi connectivity index (χ4n) is 2.20. The van der Waals surface area contributed by atoms with Gasteiger partial charge in [-0.05, 0) is 47.9 Å². The number of esters is 1. The molecule has 3 nitrogen and oxygen atoms in total. The fourth-order valence-corrected chi connectivity index (χ4v) is 2.33. The molecule has 1 heterocycles. The molecule has 0 bridgehead atoms. The third-order valence-corrected chi connectivity index (χ3v) is 3.47. The third-order valence-electron chi connectivity index (χ3n) is 3.22. The predicted octanol–water partition coefficient (Wildman–Crippen LogP) is 4.07. The summed E-state index contributed by atoms with van der Waals surface area (Å²) in [6.45, 7) is 0. The molecule has 0 amide bonds. The van der Waals surface area contributed by atoms with E-state index in [1.165, 1.54) is 7.11 Å². The van der Waals surface area contributed by atoms with Crippen LogP contribution in [-0.4, -0.2) is 17.6 Å². The molecule has 0 fully saturated rings. The maximum atomic E-state index is 11.6. The number of benzene rings is 2. The SMILES string of the molecule is COC(=O)c1ccc2ccn(-c3ccc(Cl)cc3)c2c1. The fraction of sp³-hybridized carbons (Fsp3) is 0.0625. The number of aromatic nitrogens is 1. The van der Waals surface area contributed by atoms with E-state index >= 15 is 0 Å².